The van der Waals surface area contributed by atoms with Gasteiger partial charge in [-0.15, -0.1) is 11.3 Å². The number of nitrogens with zero attached hydrogens (tertiary/aromatic N) is 2. The van der Waals surface area contributed by atoms with Crippen molar-refractivity contribution in [2.24, 2.45) is 5.92 Å². The van der Waals surface area contributed by atoms with Gasteiger partial charge < -0.3 is 10.6 Å². The maximum atomic E-state index is 13.0. The molecule has 3 aromatic rings. The molecule has 1 fully saturated rings. The van der Waals surface area contributed by atoms with Crippen LogP contribution in [0.2, 0.25) is 0 Å². The molecule has 2 aromatic heterocycles. The minimum atomic E-state index is 0.0601. The first-order valence-electron chi connectivity index (χ1n) is 8.84. The summed E-state index contributed by atoms with van der Waals surface area (Å²) in [7, 11) is 0. The zero-order valence-corrected chi connectivity index (χ0v) is 15.7. The molecule has 1 aliphatic heterocycles. The molecule has 1 amide bonds. The summed E-state index contributed by atoms with van der Waals surface area (Å²) >= 11 is 1.43. The van der Waals surface area contributed by atoms with Gasteiger partial charge in [0.1, 0.15) is 9.71 Å². The van der Waals surface area contributed by atoms with Crippen LogP contribution in [0, 0.1) is 19.8 Å². The van der Waals surface area contributed by atoms with Crippen molar-refractivity contribution in [2.75, 3.05) is 18.8 Å². The van der Waals surface area contributed by atoms with E-state index in [9.17, 15) is 4.79 Å². The zero-order valence-electron chi connectivity index (χ0n) is 14.9. The summed E-state index contributed by atoms with van der Waals surface area (Å²) < 4.78 is 0. The van der Waals surface area contributed by atoms with Gasteiger partial charge in [0.25, 0.3) is 5.91 Å². The van der Waals surface area contributed by atoms with Crippen molar-refractivity contribution in [3.8, 4) is 0 Å². The number of thiophene rings is 1. The standard InChI is InChI=1S/C20H23N3OS/c1-11-6-8-23(9-7-11)20(24)18-16(21)15-10-14-12(2)4-5-13(3)17(14)22-19(15)25-18/h4-5,10-11H,6-9,21H2,1-3H3. The average molecular weight is 353 g/mol. The van der Waals surface area contributed by atoms with Crippen LogP contribution < -0.4 is 5.73 Å². The number of pyridine rings is 1. The lowest BCUT2D eigenvalue weighted by Crippen LogP contribution is -2.37. The first kappa shape index (κ1) is 16.3. The second-order valence-electron chi connectivity index (χ2n) is 7.26. The molecule has 1 saturated heterocycles. The molecule has 0 saturated carbocycles. The average Bonchev–Trinajstić information content (AvgIpc) is 2.93. The number of likely N-dealkylation sites (tertiary alicyclic amines) is 1. The quantitative estimate of drug-likeness (QED) is 0.700. The third-order valence-electron chi connectivity index (χ3n) is 5.37. The number of nitrogens with two attached hydrogens (primary N) is 1. The fraction of sp³-hybridized carbons (Fsp3) is 0.400. The van der Waals surface area contributed by atoms with Crippen LogP contribution in [0.25, 0.3) is 21.1 Å². The number of benzene rings is 1. The third-order valence-corrected chi connectivity index (χ3v) is 6.47. The van der Waals surface area contributed by atoms with Crippen LogP contribution in [0.15, 0.2) is 18.2 Å². The molecule has 1 aromatic carbocycles. The van der Waals surface area contributed by atoms with E-state index in [1.54, 1.807) is 0 Å². The largest absolute Gasteiger partial charge is 0.397 e. The van der Waals surface area contributed by atoms with Crippen LogP contribution >= 0.6 is 11.3 Å². The Hall–Kier alpha value is -2.14. The molecular formula is C20H23N3OS. The number of anilines is 1. The second-order valence-corrected chi connectivity index (χ2v) is 8.26. The van der Waals surface area contributed by atoms with E-state index >= 15 is 0 Å². The van der Waals surface area contributed by atoms with Crippen molar-refractivity contribution in [1.29, 1.82) is 0 Å². The van der Waals surface area contributed by atoms with Crippen molar-refractivity contribution < 1.29 is 4.79 Å². The maximum absolute atomic E-state index is 13.0. The monoisotopic (exact) mass is 353 g/mol. The highest BCUT2D eigenvalue weighted by Crippen LogP contribution is 2.37. The highest BCUT2D eigenvalue weighted by atomic mass is 32.1. The minimum Gasteiger partial charge on any atom is -0.397 e. The summed E-state index contributed by atoms with van der Waals surface area (Å²) in [5, 5.41) is 2.02. The molecule has 3 heterocycles. The number of hydrogen-bond acceptors (Lipinski definition) is 4. The minimum absolute atomic E-state index is 0.0601. The van der Waals surface area contributed by atoms with E-state index in [1.807, 2.05) is 4.90 Å². The van der Waals surface area contributed by atoms with E-state index in [2.05, 4.69) is 39.0 Å². The Morgan fingerprint density at radius 2 is 1.88 bits per heavy atom. The number of fused-ring (bicyclic) bond motifs is 2. The number of aromatic nitrogens is 1. The lowest BCUT2D eigenvalue weighted by molar-refractivity contribution is 0.0703. The Balaban J connectivity index is 1.82. The van der Waals surface area contributed by atoms with Gasteiger partial charge >= 0.3 is 0 Å². The molecule has 130 valence electrons. The van der Waals surface area contributed by atoms with Crippen molar-refractivity contribution in [1.82, 2.24) is 9.88 Å². The van der Waals surface area contributed by atoms with Gasteiger partial charge in [-0.05, 0) is 49.8 Å². The second kappa shape index (κ2) is 5.99. The van der Waals surface area contributed by atoms with Crippen LogP contribution in [-0.4, -0.2) is 28.9 Å². The van der Waals surface area contributed by atoms with E-state index in [0.29, 0.717) is 16.5 Å². The molecule has 4 nitrogen and oxygen atoms in total. The fourth-order valence-corrected chi connectivity index (χ4v) is 4.62. The summed E-state index contributed by atoms with van der Waals surface area (Å²) in [4.78, 5) is 21.2. The summed E-state index contributed by atoms with van der Waals surface area (Å²) in [5.41, 5.74) is 10.3. The molecular weight excluding hydrogens is 330 g/mol. The van der Waals surface area contributed by atoms with Gasteiger partial charge in [0.05, 0.1) is 11.2 Å². The van der Waals surface area contributed by atoms with Crippen LogP contribution in [-0.2, 0) is 0 Å². The number of nitrogen functional groups attached to an aromatic ring is 1. The molecule has 0 atom stereocenters. The normalized spacial score (nSPS) is 16.0. The van der Waals surface area contributed by atoms with Crippen molar-refractivity contribution >= 4 is 44.1 Å². The molecule has 5 heteroatoms. The smallest absolute Gasteiger partial charge is 0.266 e. The summed E-state index contributed by atoms with van der Waals surface area (Å²) in [6, 6.07) is 6.30. The van der Waals surface area contributed by atoms with Gasteiger partial charge in [0.15, 0.2) is 0 Å². The van der Waals surface area contributed by atoms with Crippen molar-refractivity contribution in [3.63, 3.8) is 0 Å². The van der Waals surface area contributed by atoms with E-state index in [-0.39, 0.29) is 5.91 Å². The number of carbonyl (C=O) groups is 1. The van der Waals surface area contributed by atoms with Gasteiger partial charge in [-0.2, -0.15) is 0 Å². The molecule has 2 N–H and O–H groups in total. The van der Waals surface area contributed by atoms with Gasteiger partial charge in [0.2, 0.25) is 0 Å². The first-order chi connectivity index (χ1) is 12.0. The van der Waals surface area contributed by atoms with Crippen LogP contribution in [0.5, 0.6) is 0 Å². The molecule has 0 aliphatic carbocycles. The molecule has 0 spiro atoms. The van der Waals surface area contributed by atoms with Gasteiger partial charge in [-0.3, -0.25) is 4.79 Å². The van der Waals surface area contributed by atoms with Gasteiger partial charge in [-0.25, -0.2) is 4.98 Å². The molecule has 25 heavy (non-hydrogen) atoms. The van der Waals surface area contributed by atoms with Crippen molar-refractivity contribution in [3.05, 3.63) is 34.2 Å². The lowest BCUT2D eigenvalue weighted by Gasteiger charge is -2.30. The highest BCUT2D eigenvalue weighted by molar-refractivity contribution is 7.21. The van der Waals surface area contributed by atoms with Crippen LogP contribution in [0.1, 0.15) is 40.6 Å². The number of amides is 1. The SMILES string of the molecule is Cc1ccc(C)c2nc3sc(C(=O)N4CCC(C)CC4)c(N)c3cc12. The number of hydrogen-bond donors (Lipinski definition) is 1. The van der Waals surface area contributed by atoms with E-state index in [4.69, 9.17) is 10.7 Å². The number of piperidine rings is 1. The first-order valence-corrected chi connectivity index (χ1v) is 9.65. The Labute approximate surface area is 151 Å². The Morgan fingerprint density at radius 1 is 1.20 bits per heavy atom. The fourth-order valence-electron chi connectivity index (χ4n) is 3.58. The molecule has 0 unspecified atom stereocenters. The van der Waals surface area contributed by atoms with E-state index < -0.39 is 0 Å². The Kier molecular flexibility index (Phi) is 3.91. The number of rotatable bonds is 1. The molecule has 0 bridgehead atoms. The predicted octanol–water partition coefficient (Wildman–Crippen LogP) is 4.52. The topological polar surface area (TPSA) is 59.2 Å². The summed E-state index contributed by atoms with van der Waals surface area (Å²) in [5.74, 6) is 0.756. The summed E-state index contributed by atoms with van der Waals surface area (Å²) in [6.45, 7) is 8.04. The van der Waals surface area contributed by atoms with Gasteiger partial charge in [0, 0.05) is 23.9 Å². The van der Waals surface area contributed by atoms with Crippen LogP contribution in [0.3, 0.4) is 0 Å². The van der Waals surface area contributed by atoms with Gasteiger partial charge in [-0.1, -0.05) is 19.1 Å². The maximum Gasteiger partial charge on any atom is 0.266 e. The summed E-state index contributed by atoms with van der Waals surface area (Å²) in [6.07, 6.45) is 2.13. The van der Waals surface area contributed by atoms with Crippen molar-refractivity contribution in [2.45, 2.75) is 33.6 Å². The third kappa shape index (κ3) is 2.67. The number of aryl methyl sites for hydroxylation is 2. The molecule has 0 radical (unpaired) electrons. The Morgan fingerprint density at radius 3 is 2.60 bits per heavy atom. The van der Waals surface area contributed by atoms with E-state index in [0.717, 1.165) is 52.6 Å². The highest BCUT2D eigenvalue weighted by Gasteiger charge is 2.26. The lowest BCUT2D eigenvalue weighted by atomic mass is 9.99. The number of carbonyl (C=O) groups excluding carboxylic acids is 1. The molecule has 4 rings (SSSR count). The molecule has 1 aliphatic rings. The Bertz CT molecular complexity index is 984. The van der Waals surface area contributed by atoms with Crippen LogP contribution in [0.4, 0.5) is 5.69 Å². The zero-order chi connectivity index (χ0) is 17.7. The predicted molar refractivity (Wildman–Crippen MR) is 105 cm³/mol. The van der Waals surface area contributed by atoms with E-state index in [1.165, 1.54) is 16.9 Å².